The van der Waals surface area contributed by atoms with Crippen molar-refractivity contribution in [1.82, 2.24) is 0 Å². The van der Waals surface area contributed by atoms with Crippen LogP contribution < -0.4 is 16.2 Å². The second-order valence-electron chi connectivity index (χ2n) is 4.68. The highest BCUT2D eigenvalue weighted by Gasteiger charge is 2.28. The lowest BCUT2D eigenvalue weighted by atomic mass is 9.95. The van der Waals surface area contributed by atoms with Gasteiger partial charge in [0.25, 0.3) is 0 Å². The van der Waals surface area contributed by atoms with Crippen molar-refractivity contribution in [3.63, 3.8) is 0 Å². The van der Waals surface area contributed by atoms with Crippen LogP contribution in [0.3, 0.4) is 0 Å². The number of hydrogen-bond acceptors (Lipinski definition) is 3. The molecular formula is C13H20N2O2. The number of benzene rings is 1. The minimum absolute atomic E-state index is 0.168. The number of nitrogens with two attached hydrogens (primary N) is 2. The predicted octanol–water partition coefficient (Wildman–Crippen LogP) is 1.36. The summed E-state index contributed by atoms with van der Waals surface area (Å²) in [5, 5.41) is 0. The van der Waals surface area contributed by atoms with E-state index in [9.17, 15) is 4.79 Å². The fourth-order valence-corrected chi connectivity index (χ4v) is 1.64. The molecule has 0 radical (unpaired) electrons. The van der Waals surface area contributed by atoms with E-state index in [0.717, 1.165) is 11.3 Å². The topological polar surface area (TPSA) is 78.3 Å². The van der Waals surface area contributed by atoms with Crippen molar-refractivity contribution >= 4 is 5.91 Å². The third-order valence-corrected chi connectivity index (χ3v) is 2.70. The van der Waals surface area contributed by atoms with Crippen molar-refractivity contribution in [2.24, 2.45) is 11.5 Å². The summed E-state index contributed by atoms with van der Waals surface area (Å²) in [4.78, 5) is 11.1. The molecule has 0 aromatic heterocycles. The second kappa shape index (κ2) is 5.19. The Morgan fingerprint density at radius 2 is 2.06 bits per heavy atom. The molecule has 1 aromatic carbocycles. The number of carbonyl (C=O) groups is 1. The van der Waals surface area contributed by atoms with E-state index in [2.05, 4.69) is 0 Å². The fourth-order valence-electron chi connectivity index (χ4n) is 1.64. The van der Waals surface area contributed by atoms with Crippen LogP contribution >= 0.6 is 0 Å². The Balaban J connectivity index is 2.65. The molecule has 2 unspecified atom stereocenters. The molecule has 17 heavy (non-hydrogen) atoms. The van der Waals surface area contributed by atoms with Gasteiger partial charge in [0.15, 0.2) is 0 Å². The first kappa shape index (κ1) is 13.5. The minimum Gasteiger partial charge on any atom is -0.490 e. The van der Waals surface area contributed by atoms with E-state index in [4.69, 9.17) is 16.2 Å². The summed E-state index contributed by atoms with van der Waals surface area (Å²) in [6.07, 6.45) is 0.218. The van der Waals surface area contributed by atoms with Gasteiger partial charge in [-0.15, -0.1) is 0 Å². The SMILES string of the molecule is Cc1ccccc1OC(C)CC(C)(N)C(N)=O. The molecule has 4 heteroatoms. The lowest BCUT2D eigenvalue weighted by Gasteiger charge is -2.25. The third-order valence-electron chi connectivity index (χ3n) is 2.70. The van der Waals surface area contributed by atoms with E-state index in [-0.39, 0.29) is 6.10 Å². The molecule has 0 saturated carbocycles. The molecule has 4 nitrogen and oxygen atoms in total. The summed E-state index contributed by atoms with van der Waals surface area (Å²) in [7, 11) is 0. The Morgan fingerprint density at radius 3 is 2.59 bits per heavy atom. The number of para-hydroxylation sites is 1. The zero-order valence-corrected chi connectivity index (χ0v) is 10.6. The summed E-state index contributed by atoms with van der Waals surface area (Å²) in [5.74, 6) is 0.290. The highest BCUT2D eigenvalue weighted by atomic mass is 16.5. The van der Waals surface area contributed by atoms with E-state index in [1.807, 2.05) is 38.1 Å². The van der Waals surface area contributed by atoms with Gasteiger partial charge in [-0.1, -0.05) is 18.2 Å². The van der Waals surface area contributed by atoms with E-state index in [1.54, 1.807) is 6.92 Å². The molecule has 2 atom stereocenters. The van der Waals surface area contributed by atoms with Crippen LogP contribution in [-0.2, 0) is 4.79 Å². The molecule has 0 aliphatic heterocycles. The third kappa shape index (κ3) is 3.75. The van der Waals surface area contributed by atoms with Crippen LogP contribution in [0.5, 0.6) is 5.75 Å². The highest BCUT2D eigenvalue weighted by Crippen LogP contribution is 2.20. The van der Waals surface area contributed by atoms with E-state index < -0.39 is 11.4 Å². The Bertz CT molecular complexity index is 402. The number of hydrogen-bond donors (Lipinski definition) is 2. The van der Waals surface area contributed by atoms with Crippen LogP contribution in [-0.4, -0.2) is 17.6 Å². The van der Waals surface area contributed by atoms with E-state index >= 15 is 0 Å². The van der Waals surface area contributed by atoms with Gasteiger partial charge in [0.05, 0.1) is 11.6 Å². The Labute approximate surface area is 102 Å². The van der Waals surface area contributed by atoms with Gasteiger partial charge in [-0.3, -0.25) is 4.79 Å². The first-order chi connectivity index (χ1) is 7.83. The number of aryl methyl sites for hydroxylation is 1. The maximum atomic E-state index is 11.1. The fraction of sp³-hybridized carbons (Fsp3) is 0.462. The molecule has 1 rings (SSSR count). The summed E-state index contributed by atoms with van der Waals surface area (Å²) in [6, 6.07) is 7.72. The molecule has 0 heterocycles. The van der Waals surface area contributed by atoms with Crippen molar-refractivity contribution in [3.05, 3.63) is 29.8 Å². The first-order valence-electron chi connectivity index (χ1n) is 5.64. The van der Waals surface area contributed by atoms with Crippen LogP contribution in [0.1, 0.15) is 25.8 Å². The van der Waals surface area contributed by atoms with Gasteiger partial charge in [-0.2, -0.15) is 0 Å². The normalized spacial score (nSPS) is 16.0. The molecule has 94 valence electrons. The molecular weight excluding hydrogens is 216 g/mol. The number of primary amides is 1. The quantitative estimate of drug-likeness (QED) is 0.810. The number of ether oxygens (including phenoxy) is 1. The smallest absolute Gasteiger partial charge is 0.237 e. The average molecular weight is 236 g/mol. The highest BCUT2D eigenvalue weighted by molar-refractivity contribution is 5.83. The van der Waals surface area contributed by atoms with Crippen molar-refractivity contribution in [2.45, 2.75) is 38.8 Å². The van der Waals surface area contributed by atoms with E-state index in [0.29, 0.717) is 6.42 Å². The van der Waals surface area contributed by atoms with Crippen LogP contribution in [0, 0.1) is 6.92 Å². The molecule has 0 bridgehead atoms. The Hall–Kier alpha value is -1.55. The van der Waals surface area contributed by atoms with Crippen LogP contribution in [0.15, 0.2) is 24.3 Å². The zero-order chi connectivity index (χ0) is 13.1. The second-order valence-corrected chi connectivity index (χ2v) is 4.68. The van der Waals surface area contributed by atoms with Crippen molar-refractivity contribution in [1.29, 1.82) is 0 Å². The molecule has 4 N–H and O–H groups in total. The number of carbonyl (C=O) groups excluding carboxylic acids is 1. The van der Waals surface area contributed by atoms with Gasteiger partial charge in [0, 0.05) is 6.42 Å². The van der Waals surface area contributed by atoms with Crippen LogP contribution in [0.4, 0.5) is 0 Å². The maximum absolute atomic E-state index is 11.1. The first-order valence-corrected chi connectivity index (χ1v) is 5.64. The van der Waals surface area contributed by atoms with Gasteiger partial charge in [0.2, 0.25) is 5.91 Å². The van der Waals surface area contributed by atoms with Gasteiger partial charge in [-0.25, -0.2) is 0 Å². The monoisotopic (exact) mass is 236 g/mol. The average Bonchev–Trinajstić information content (AvgIpc) is 2.20. The number of amides is 1. The van der Waals surface area contributed by atoms with Gasteiger partial charge in [0.1, 0.15) is 5.75 Å². The molecule has 0 spiro atoms. The molecule has 0 saturated heterocycles. The summed E-state index contributed by atoms with van der Waals surface area (Å²) in [6.45, 7) is 5.46. The summed E-state index contributed by atoms with van der Waals surface area (Å²) >= 11 is 0. The minimum atomic E-state index is -1.04. The molecule has 0 aliphatic rings. The predicted molar refractivity (Wildman–Crippen MR) is 67.7 cm³/mol. The maximum Gasteiger partial charge on any atom is 0.237 e. The molecule has 0 fully saturated rings. The van der Waals surface area contributed by atoms with Gasteiger partial charge in [-0.05, 0) is 32.4 Å². The zero-order valence-electron chi connectivity index (χ0n) is 10.6. The largest absolute Gasteiger partial charge is 0.490 e. The summed E-state index contributed by atoms with van der Waals surface area (Å²) in [5.41, 5.74) is 11.0. The van der Waals surface area contributed by atoms with E-state index in [1.165, 1.54) is 0 Å². The molecule has 1 amide bonds. The van der Waals surface area contributed by atoms with Gasteiger partial charge < -0.3 is 16.2 Å². The lowest BCUT2D eigenvalue weighted by molar-refractivity contribution is -0.123. The Kier molecular flexibility index (Phi) is 4.12. The molecule has 1 aromatic rings. The Morgan fingerprint density at radius 1 is 1.47 bits per heavy atom. The van der Waals surface area contributed by atoms with Crippen LogP contribution in [0.25, 0.3) is 0 Å². The number of rotatable bonds is 5. The van der Waals surface area contributed by atoms with Crippen molar-refractivity contribution < 1.29 is 9.53 Å². The standard InChI is InChI=1S/C13H20N2O2/c1-9-6-4-5-7-11(9)17-10(2)8-13(3,15)12(14)16/h4-7,10H,8,15H2,1-3H3,(H2,14,16). The van der Waals surface area contributed by atoms with Crippen LogP contribution in [0.2, 0.25) is 0 Å². The summed E-state index contributed by atoms with van der Waals surface area (Å²) < 4.78 is 5.74. The van der Waals surface area contributed by atoms with Gasteiger partial charge >= 0.3 is 0 Å². The lowest BCUT2D eigenvalue weighted by Crippen LogP contribution is -2.51. The van der Waals surface area contributed by atoms with Crippen molar-refractivity contribution in [3.8, 4) is 5.75 Å². The molecule has 0 aliphatic carbocycles. The van der Waals surface area contributed by atoms with Crippen molar-refractivity contribution in [2.75, 3.05) is 0 Å².